The lowest BCUT2D eigenvalue weighted by Crippen LogP contribution is -2.19. The lowest BCUT2D eigenvalue weighted by Gasteiger charge is -2.09. The molecule has 18 heavy (non-hydrogen) atoms. The zero-order valence-corrected chi connectivity index (χ0v) is 11.0. The average Bonchev–Trinajstić information content (AvgIpc) is 2.35. The number of hydrogen-bond donors (Lipinski definition) is 2. The lowest BCUT2D eigenvalue weighted by molar-refractivity contribution is -0.384. The summed E-state index contributed by atoms with van der Waals surface area (Å²) in [4.78, 5) is 10.1. The number of nitro benzene ring substituents is 1. The molecule has 0 aliphatic rings. The van der Waals surface area contributed by atoms with Crippen LogP contribution < -0.4 is 5.32 Å². The predicted octanol–water partition coefficient (Wildman–Crippen LogP) is 2.50. The minimum absolute atomic E-state index is 0.00912. The number of rotatable bonds is 7. The second-order valence-corrected chi connectivity index (χ2v) is 4.47. The Morgan fingerprint density at radius 2 is 2.28 bits per heavy atom. The van der Waals surface area contributed by atoms with Crippen molar-refractivity contribution in [2.45, 2.75) is 32.4 Å². The number of aliphatic hydroxyl groups excluding tert-OH is 1. The summed E-state index contributed by atoms with van der Waals surface area (Å²) in [5.74, 6) is 0. The van der Waals surface area contributed by atoms with Crippen LogP contribution in [0, 0.1) is 10.1 Å². The number of benzene rings is 1. The van der Waals surface area contributed by atoms with E-state index >= 15 is 0 Å². The maximum Gasteiger partial charge on any atom is 0.270 e. The maximum atomic E-state index is 10.5. The Labute approximate surface area is 111 Å². The molecular weight excluding hydrogens is 256 g/mol. The fourth-order valence-electron chi connectivity index (χ4n) is 1.49. The van der Waals surface area contributed by atoms with Gasteiger partial charge >= 0.3 is 0 Å². The van der Waals surface area contributed by atoms with Crippen LogP contribution in [0.4, 0.5) is 5.69 Å². The second-order valence-electron chi connectivity index (χ2n) is 4.06. The van der Waals surface area contributed by atoms with Crippen molar-refractivity contribution >= 4 is 17.3 Å². The monoisotopic (exact) mass is 272 g/mol. The van der Waals surface area contributed by atoms with Crippen molar-refractivity contribution in [1.82, 2.24) is 5.32 Å². The van der Waals surface area contributed by atoms with Gasteiger partial charge in [0.25, 0.3) is 5.69 Å². The number of nitro groups is 1. The van der Waals surface area contributed by atoms with E-state index in [1.807, 2.05) is 6.92 Å². The molecule has 0 aliphatic heterocycles. The van der Waals surface area contributed by atoms with Crippen molar-refractivity contribution in [1.29, 1.82) is 0 Å². The standard InChI is InChI=1S/C12H17ClN2O3/c1-2-11(16)5-6-14-8-9-3-4-10(15(17)18)7-12(9)13/h3-4,7,11,14,16H,2,5-6,8H2,1H3. The molecule has 2 N–H and O–H groups in total. The molecule has 100 valence electrons. The van der Waals surface area contributed by atoms with E-state index in [-0.39, 0.29) is 11.8 Å². The largest absolute Gasteiger partial charge is 0.393 e. The lowest BCUT2D eigenvalue weighted by atomic mass is 10.2. The summed E-state index contributed by atoms with van der Waals surface area (Å²) in [7, 11) is 0. The summed E-state index contributed by atoms with van der Waals surface area (Å²) in [6, 6.07) is 4.42. The van der Waals surface area contributed by atoms with Gasteiger partial charge in [0.15, 0.2) is 0 Å². The van der Waals surface area contributed by atoms with Crippen molar-refractivity contribution in [3.05, 3.63) is 38.9 Å². The van der Waals surface area contributed by atoms with Crippen LogP contribution in [0.15, 0.2) is 18.2 Å². The van der Waals surface area contributed by atoms with Gasteiger partial charge in [-0.3, -0.25) is 10.1 Å². The first-order chi connectivity index (χ1) is 8.54. The molecule has 6 heteroatoms. The molecule has 0 saturated heterocycles. The van der Waals surface area contributed by atoms with Crippen molar-refractivity contribution in [3.63, 3.8) is 0 Å². The molecule has 0 amide bonds. The van der Waals surface area contributed by atoms with Gasteiger partial charge in [-0.2, -0.15) is 0 Å². The Balaban J connectivity index is 2.46. The smallest absolute Gasteiger partial charge is 0.270 e. The van der Waals surface area contributed by atoms with E-state index in [2.05, 4.69) is 5.32 Å². The van der Waals surface area contributed by atoms with Crippen LogP contribution in [0.5, 0.6) is 0 Å². The molecular formula is C12H17ClN2O3. The molecule has 0 radical (unpaired) electrons. The van der Waals surface area contributed by atoms with E-state index in [0.29, 0.717) is 24.5 Å². The number of aliphatic hydroxyl groups is 1. The van der Waals surface area contributed by atoms with E-state index in [9.17, 15) is 15.2 Å². The number of halogens is 1. The molecule has 1 atom stereocenters. The summed E-state index contributed by atoms with van der Waals surface area (Å²) in [5.41, 5.74) is 0.804. The zero-order chi connectivity index (χ0) is 13.5. The van der Waals surface area contributed by atoms with E-state index in [0.717, 1.165) is 12.0 Å². The van der Waals surface area contributed by atoms with E-state index in [1.165, 1.54) is 12.1 Å². The molecule has 0 aromatic heterocycles. The summed E-state index contributed by atoms with van der Waals surface area (Å²) >= 11 is 5.95. The minimum Gasteiger partial charge on any atom is -0.393 e. The first-order valence-corrected chi connectivity index (χ1v) is 6.24. The van der Waals surface area contributed by atoms with E-state index in [4.69, 9.17) is 11.6 Å². The van der Waals surface area contributed by atoms with Crippen molar-refractivity contribution in [2.75, 3.05) is 6.54 Å². The fraction of sp³-hybridized carbons (Fsp3) is 0.500. The number of nitrogens with one attached hydrogen (secondary N) is 1. The van der Waals surface area contributed by atoms with Crippen LogP contribution in [0.3, 0.4) is 0 Å². The van der Waals surface area contributed by atoms with Crippen LogP contribution >= 0.6 is 11.6 Å². The maximum absolute atomic E-state index is 10.5. The normalized spacial score (nSPS) is 12.4. The summed E-state index contributed by atoms with van der Waals surface area (Å²) in [6.45, 7) is 3.15. The van der Waals surface area contributed by atoms with Crippen LogP contribution in [-0.4, -0.2) is 22.7 Å². The van der Waals surface area contributed by atoms with Crippen molar-refractivity contribution in [2.24, 2.45) is 0 Å². The minimum atomic E-state index is -0.472. The molecule has 0 spiro atoms. The molecule has 0 heterocycles. The SMILES string of the molecule is CCC(O)CCNCc1ccc([N+](=O)[O-])cc1Cl. The number of non-ortho nitro benzene ring substituents is 1. The van der Waals surface area contributed by atoms with Crippen LogP contribution in [-0.2, 0) is 6.54 Å². The summed E-state index contributed by atoms with van der Waals surface area (Å²) in [6.07, 6.45) is 1.13. The highest BCUT2D eigenvalue weighted by molar-refractivity contribution is 6.31. The third-order valence-corrected chi connectivity index (χ3v) is 3.04. The highest BCUT2D eigenvalue weighted by Crippen LogP contribution is 2.22. The highest BCUT2D eigenvalue weighted by atomic mass is 35.5. The topological polar surface area (TPSA) is 75.4 Å². The van der Waals surface area contributed by atoms with Gasteiger partial charge in [-0.1, -0.05) is 18.5 Å². The van der Waals surface area contributed by atoms with Gasteiger partial charge in [-0.15, -0.1) is 0 Å². The van der Waals surface area contributed by atoms with Crippen LogP contribution in [0.2, 0.25) is 5.02 Å². The van der Waals surface area contributed by atoms with Gasteiger partial charge in [0.1, 0.15) is 0 Å². The first kappa shape index (κ1) is 14.9. The third kappa shape index (κ3) is 4.60. The average molecular weight is 273 g/mol. The molecule has 0 aliphatic carbocycles. The van der Waals surface area contributed by atoms with Gasteiger partial charge in [-0.25, -0.2) is 0 Å². The van der Waals surface area contributed by atoms with Crippen molar-refractivity contribution in [3.8, 4) is 0 Å². The molecule has 1 aromatic carbocycles. The highest BCUT2D eigenvalue weighted by Gasteiger charge is 2.09. The van der Waals surface area contributed by atoms with E-state index < -0.39 is 4.92 Å². The van der Waals surface area contributed by atoms with Gasteiger partial charge in [0, 0.05) is 18.7 Å². The van der Waals surface area contributed by atoms with Crippen LogP contribution in [0.1, 0.15) is 25.3 Å². The Kier molecular flexibility index (Phi) is 6.04. The quantitative estimate of drug-likeness (QED) is 0.454. The number of nitrogens with zero attached hydrogens (tertiary/aromatic N) is 1. The zero-order valence-electron chi connectivity index (χ0n) is 10.2. The number of hydrogen-bond acceptors (Lipinski definition) is 4. The molecule has 1 rings (SSSR count). The molecule has 1 aromatic rings. The second kappa shape index (κ2) is 7.31. The first-order valence-electron chi connectivity index (χ1n) is 5.86. The van der Waals surface area contributed by atoms with Gasteiger partial charge in [-0.05, 0) is 31.0 Å². The van der Waals surface area contributed by atoms with Crippen molar-refractivity contribution < 1.29 is 10.0 Å². The summed E-state index contributed by atoms with van der Waals surface area (Å²) in [5, 5.41) is 23.4. The van der Waals surface area contributed by atoms with Gasteiger partial charge in [0.2, 0.25) is 0 Å². The van der Waals surface area contributed by atoms with E-state index in [1.54, 1.807) is 6.07 Å². The van der Waals surface area contributed by atoms with Gasteiger partial charge < -0.3 is 10.4 Å². The Hall–Kier alpha value is -1.17. The van der Waals surface area contributed by atoms with Crippen LogP contribution in [0.25, 0.3) is 0 Å². The molecule has 0 fully saturated rings. The Morgan fingerprint density at radius 3 is 2.83 bits per heavy atom. The molecule has 1 unspecified atom stereocenters. The van der Waals surface area contributed by atoms with Gasteiger partial charge in [0.05, 0.1) is 16.0 Å². The predicted molar refractivity (Wildman–Crippen MR) is 70.7 cm³/mol. The Morgan fingerprint density at radius 1 is 1.56 bits per heavy atom. The molecule has 0 bridgehead atoms. The Bertz CT molecular complexity index is 412. The molecule has 0 saturated carbocycles. The fourth-order valence-corrected chi connectivity index (χ4v) is 1.73. The third-order valence-electron chi connectivity index (χ3n) is 2.69. The summed E-state index contributed by atoms with van der Waals surface area (Å²) < 4.78 is 0. The molecule has 5 nitrogen and oxygen atoms in total.